The molecule has 0 spiro atoms. The molecule has 3 N–H and O–H groups in total. The van der Waals surface area contributed by atoms with Gasteiger partial charge in [0.15, 0.2) is 5.96 Å². The zero-order valence-electron chi connectivity index (χ0n) is 13.5. The molecule has 1 saturated heterocycles. The van der Waals surface area contributed by atoms with Crippen molar-refractivity contribution in [1.29, 1.82) is 0 Å². The number of benzene rings is 1. The molecular formula is C17H26N4O2. The highest BCUT2D eigenvalue weighted by atomic mass is 16.5. The first-order chi connectivity index (χ1) is 11.3. The molecule has 0 bridgehead atoms. The zero-order chi connectivity index (χ0) is 16.3. The van der Waals surface area contributed by atoms with E-state index in [2.05, 4.69) is 21.8 Å². The maximum atomic E-state index is 5.83. The molecule has 0 aromatic heterocycles. The van der Waals surface area contributed by atoms with Crippen LogP contribution in [0.1, 0.15) is 5.56 Å². The van der Waals surface area contributed by atoms with E-state index in [0.717, 1.165) is 44.2 Å². The zero-order valence-corrected chi connectivity index (χ0v) is 13.5. The van der Waals surface area contributed by atoms with Crippen molar-refractivity contribution in [2.75, 3.05) is 46.0 Å². The lowest BCUT2D eigenvalue weighted by Gasteiger charge is -2.26. The van der Waals surface area contributed by atoms with Gasteiger partial charge in [-0.05, 0) is 17.7 Å². The topological polar surface area (TPSA) is 72.1 Å². The number of nitrogens with one attached hydrogen (secondary N) is 1. The number of aliphatic imine (C=N–C) groups is 1. The van der Waals surface area contributed by atoms with Gasteiger partial charge in [-0.3, -0.25) is 4.90 Å². The third kappa shape index (κ3) is 6.71. The predicted molar refractivity (Wildman–Crippen MR) is 92.7 cm³/mol. The Kier molecular flexibility index (Phi) is 7.42. The van der Waals surface area contributed by atoms with Crippen LogP contribution in [0.5, 0.6) is 5.75 Å². The van der Waals surface area contributed by atoms with E-state index in [1.54, 1.807) is 6.08 Å². The van der Waals surface area contributed by atoms with Crippen molar-refractivity contribution in [2.45, 2.75) is 6.54 Å². The van der Waals surface area contributed by atoms with Gasteiger partial charge in [-0.2, -0.15) is 0 Å². The van der Waals surface area contributed by atoms with E-state index in [0.29, 0.717) is 25.7 Å². The van der Waals surface area contributed by atoms with Gasteiger partial charge in [0, 0.05) is 26.2 Å². The second kappa shape index (κ2) is 9.86. The second-order valence-electron chi connectivity index (χ2n) is 5.32. The van der Waals surface area contributed by atoms with Gasteiger partial charge in [0.25, 0.3) is 0 Å². The molecule has 0 radical (unpaired) electrons. The van der Waals surface area contributed by atoms with Crippen molar-refractivity contribution in [3.05, 3.63) is 42.5 Å². The van der Waals surface area contributed by atoms with Crippen molar-refractivity contribution in [3.8, 4) is 5.75 Å². The summed E-state index contributed by atoms with van der Waals surface area (Å²) in [6.07, 6.45) is 1.74. The summed E-state index contributed by atoms with van der Waals surface area (Å²) in [5.74, 6) is 1.28. The monoisotopic (exact) mass is 318 g/mol. The van der Waals surface area contributed by atoms with Gasteiger partial charge < -0.3 is 20.5 Å². The molecule has 0 unspecified atom stereocenters. The Labute approximate surface area is 138 Å². The largest absolute Gasteiger partial charge is 0.492 e. The number of ether oxygens (including phenoxy) is 2. The molecule has 1 aromatic rings. The van der Waals surface area contributed by atoms with Crippen molar-refractivity contribution in [2.24, 2.45) is 10.7 Å². The van der Waals surface area contributed by atoms with E-state index in [1.807, 2.05) is 24.3 Å². The Morgan fingerprint density at radius 2 is 2.26 bits per heavy atom. The Balaban J connectivity index is 1.76. The molecule has 0 atom stereocenters. The standard InChI is InChI=1S/C17H26N4O2/c1-2-6-19-17(18)20-14-15-4-3-5-16(13-15)23-12-9-21-7-10-22-11-8-21/h2-5,13H,1,6-12,14H2,(H3,18,19,20). The molecule has 1 fully saturated rings. The third-order valence-corrected chi connectivity index (χ3v) is 3.54. The average Bonchev–Trinajstić information content (AvgIpc) is 2.59. The molecule has 1 aliphatic rings. The normalized spacial score (nSPS) is 16.1. The lowest BCUT2D eigenvalue weighted by molar-refractivity contribution is 0.0322. The van der Waals surface area contributed by atoms with Crippen LogP contribution in [0.3, 0.4) is 0 Å². The van der Waals surface area contributed by atoms with Gasteiger partial charge in [-0.25, -0.2) is 4.99 Å². The van der Waals surface area contributed by atoms with Crippen LogP contribution in [0.25, 0.3) is 0 Å². The lowest BCUT2D eigenvalue weighted by atomic mass is 10.2. The number of nitrogens with zero attached hydrogens (tertiary/aromatic N) is 2. The van der Waals surface area contributed by atoms with Gasteiger partial charge in [-0.1, -0.05) is 18.2 Å². The van der Waals surface area contributed by atoms with Crippen LogP contribution in [-0.4, -0.2) is 56.9 Å². The summed E-state index contributed by atoms with van der Waals surface area (Å²) >= 11 is 0. The van der Waals surface area contributed by atoms with Crippen LogP contribution in [0.15, 0.2) is 41.9 Å². The minimum Gasteiger partial charge on any atom is -0.492 e. The van der Waals surface area contributed by atoms with E-state index >= 15 is 0 Å². The number of nitrogens with two attached hydrogens (primary N) is 1. The van der Waals surface area contributed by atoms with Gasteiger partial charge in [-0.15, -0.1) is 6.58 Å². The van der Waals surface area contributed by atoms with E-state index in [1.165, 1.54) is 0 Å². The van der Waals surface area contributed by atoms with Crippen LogP contribution in [-0.2, 0) is 11.3 Å². The highest BCUT2D eigenvalue weighted by Crippen LogP contribution is 2.14. The summed E-state index contributed by atoms with van der Waals surface area (Å²) in [4.78, 5) is 6.64. The Morgan fingerprint density at radius 1 is 1.43 bits per heavy atom. The third-order valence-electron chi connectivity index (χ3n) is 3.54. The number of hydrogen-bond acceptors (Lipinski definition) is 4. The van der Waals surface area contributed by atoms with Gasteiger partial charge in [0.1, 0.15) is 12.4 Å². The number of morpholine rings is 1. The molecular weight excluding hydrogens is 292 g/mol. The van der Waals surface area contributed by atoms with Crippen LogP contribution in [0, 0.1) is 0 Å². The van der Waals surface area contributed by atoms with Crippen LogP contribution >= 0.6 is 0 Å². The molecule has 0 aliphatic carbocycles. The van der Waals surface area contributed by atoms with E-state index in [-0.39, 0.29) is 0 Å². The SMILES string of the molecule is C=CCNC(N)=NCc1cccc(OCCN2CCOCC2)c1. The number of guanidine groups is 1. The lowest BCUT2D eigenvalue weighted by Crippen LogP contribution is -2.38. The molecule has 6 nitrogen and oxygen atoms in total. The fourth-order valence-electron chi connectivity index (χ4n) is 2.26. The highest BCUT2D eigenvalue weighted by Gasteiger charge is 2.09. The van der Waals surface area contributed by atoms with Gasteiger partial charge in [0.05, 0.1) is 19.8 Å². The molecule has 1 aromatic carbocycles. The molecule has 1 aliphatic heterocycles. The average molecular weight is 318 g/mol. The van der Waals surface area contributed by atoms with Crippen molar-refractivity contribution in [1.82, 2.24) is 10.2 Å². The summed E-state index contributed by atoms with van der Waals surface area (Å²) in [7, 11) is 0. The fraction of sp³-hybridized carbons (Fsp3) is 0.471. The minimum atomic E-state index is 0.420. The summed E-state index contributed by atoms with van der Waals surface area (Å²) in [6.45, 7) is 9.95. The van der Waals surface area contributed by atoms with Gasteiger partial charge >= 0.3 is 0 Å². The van der Waals surface area contributed by atoms with Crippen LogP contribution < -0.4 is 15.8 Å². The molecule has 126 valence electrons. The quantitative estimate of drug-likeness (QED) is 0.425. The smallest absolute Gasteiger partial charge is 0.189 e. The van der Waals surface area contributed by atoms with Crippen molar-refractivity contribution >= 4 is 5.96 Å². The van der Waals surface area contributed by atoms with E-state index in [9.17, 15) is 0 Å². The number of hydrogen-bond donors (Lipinski definition) is 2. The molecule has 2 rings (SSSR count). The highest BCUT2D eigenvalue weighted by molar-refractivity contribution is 5.77. The molecule has 6 heteroatoms. The predicted octanol–water partition coefficient (Wildman–Crippen LogP) is 0.988. The molecule has 0 saturated carbocycles. The summed E-state index contributed by atoms with van der Waals surface area (Å²) in [6, 6.07) is 7.96. The van der Waals surface area contributed by atoms with Crippen LogP contribution in [0.2, 0.25) is 0 Å². The van der Waals surface area contributed by atoms with Crippen LogP contribution in [0.4, 0.5) is 0 Å². The summed E-state index contributed by atoms with van der Waals surface area (Å²) < 4.78 is 11.2. The summed E-state index contributed by atoms with van der Waals surface area (Å²) in [5, 5.41) is 2.95. The number of rotatable bonds is 8. The van der Waals surface area contributed by atoms with E-state index < -0.39 is 0 Å². The Morgan fingerprint density at radius 3 is 3.04 bits per heavy atom. The van der Waals surface area contributed by atoms with E-state index in [4.69, 9.17) is 15.2 Å². The minimum absolute atomic E-state index is 0.420. The summed E-state index contributed by atoms with van der Waals surface area (Å²) in [5.41, 5.74) is 6.82. The molecule has 0 amide bonds. The second-order valence-corrected chi connectivity index (χ2v) is 5.32. The fourth-order valence-corrected chi connectivity index (χ4v) is 2.26. The van der Waals surface area contributed by atoms with Gasteiger partial charge in [0.2, 0.25) is 0 Å². The van der Waals surface area contributed by atoms with Crippen molar-refractivity contribution < 1.29 is 9.47 Å². The first kappa shape index (κ1) is 17.3. The Bertz CT molecular complexity index is 513. The molecule has 1 heterocycles. The maximum Gasteiger partial charge on any atom is 0.189 e. The van der Waals surface area contributed by atoms with Crippen molar-refractivity contribution in [3.63, 3.8) is 0 Å². The first-order valence-electron chi connectivity index (χ1n) is 7.94. The first-order valence-corrected chi connectivity index (χ1v) is 7.94. The Hall–Kier alpha value is -2.05. The molecule has 23 heavy (non-hydrogen) atoms. The maximum absolute atomic E-state index is 5.83.